The lowest BCUT2D eigenvalue weighted by Crippen LogP contribution is -2.48. The smallest absolute Gasteiger partial charge is 0.324 e. The molecule has 30 heavy (non-hydrogen) atoms. The minimum absolute atomic E-state index is 0.0246. The van der Waals surface area contributed by atoms with Crippen LogP contribution in [-0.4, -0.2) is 50.6 Å². The Kier molecular flexibility index (Phi) is 8.56. The Labute approximate surface area is 186 Å². The predicted octanol–water partition coefficient (Wildman–Crippen LogP) is 5.02. The fraction of sp³-hybridized carbons (Fsp3) is 0.714. The number of hydrogen-bond acceptors (Lipinski definition) is 6. The summed E-state index contributed by atoms with van der Waals surface area (Å²) >= 11 is 2.51. The highest BCUT2D eigenvalue weighted by molar-refractivity contribution is 8.01. The number of aromatic nitrogens is 1. The van der Waals surface area contributed by atoms with Gasteiger partial charge in [0.25, 0.3) is 0 Å². The number of carboxylic acid groups (broad SMARTS) is 1. The lowest BCUT2D eigenvalue weighted by molar-refractivity contribution is -0.134. The van der Waals surface area contributed by atoms with E-state index in [0.29, 0.717) is 5.13 Å². The van der Waals surface area contributed by atoms with E-state index in [9.17, 15) is 14.4 Å². The Morgan fingerprint density at radius 3 is 2.37 bits per heavy atom. The number of anilines is 1. The van der Waals surface area contributed by atoms with Crippen molar-refractivity contribution in [3.63, 3.8) is 0 Å². The van der Waals surface area contributed by atoms with E-state index < -0.39 is 5.97 Å². The summed E-state index contributed by atoms with van der Waals surface area (Å²) in [7, 11) is 0. The van der Waals surface area contributed by atoms with Crippen molar-refractivity contribution in [3.05, 3.63) is 6.20 Å². The Morgan fingerprint density at radius 2 is 1.73 bits per heavy atom. The molecule has 2 unspecified atom stereocenters. The van der Waals surface area contributed by atoms with Gasteiger partial charge >= 0.3 is 12.0 Å². The van der Waals surface area contributed by atoms with Gasteiger partial charge in [0.1, 0.15) is 5.78 Å². The van der Waals surface area contributed by atoms with Crippen molar-refractivity contribution in [2.45, 2.75) is 87.4 Å². The second kappa shape index (κ2) is 11.1. The summed E-state index contributed by atoms with van der Waals surface area (Å²) in [5.74, 6) is -0.515. The van der Waals surface area contributed by atoms with Crippen molar-refractivity contribution in [1.29, 1.82) is 0 Å². The SMILES string of the molecule is CC(=O)C1CCCCC(N(C(=O)Nc2ncc(SCC(=O)O)s2)C2CCCC2)CC1. The first-order valence-electron chi connectivity index (χ1n) is 10.8. The van der Waals surface area contributed by atoms with Crippen LogP contribution in [0.3, 0.4) is 0 Å². The van der Waals surface area contributed by atoms with Gasteiger partial charge in [0.05, 0.1) is 16.2 Å². The summed E-state index contributed by atoms with van der Waals surface area (Å²) in [4.78, 5) is 42.3. The maximum atomic E-state index is 13.3. The van der Waals surface area contributed by atoms with Crippen LogP contribution < -0.4 is 5.32 Å². The number of carbonyl (C=O) groups is 3. The molecule has 2 fully saturated rings. The van der Waals surface area contributed by atoms with Crippen LogP contribution in [0.15, 0.2) is 10.4 Å². The van der Waals surface area contributed by atoms with E-state index in [2.05, 4.69) is 10.3 Å². The maximum Gasteiger partial charge on any atom is 0.324 e. The molecular weight excluding hydrogens is 422 g/mol. The fourth-order valence-electron chi connectivity index (χ4n) is 4.62. The summed E-state index contributed by atoms with van der Waals surface area (Å²) in [5, 5.41) is 12.3. The standard InChI is InChI=1S/C21H31N3O4S2/c1-14(25)15-6-2-3-9-17(11-10-15)24(16-7-4-5-8-16)21(28)23-20-22-12-19(30-20)29-13-18(26)27/h12,15-17H,2-11,13H2,1H3,(H,26,27)(H,22,23,28). The number of thiazole rings is 1. The second-order valence-electron chi connectivity index (χ2n) is 8.27. The van der Waals surface area contributed by atoms with Crippen LogP contribution in [0, 0.1) is 5.92 Å². The van der Waals surface area contributed by atoms with E-state index in [1.165, 1.54) is 23.1 Å². The van der Waals surface area contributed by atoms with Crippen LogP contribution in [0.4, 0.5) is 9.93 Å². The lowest BCUT2D eigenvalue weighted by Gasteiger charge is -2.38. The summed E-state index contributed by atoms with van der Waals surface area (Å²) < 4.78 is 0.773. The molecule has 0 aromatic carbocycles. The molecule has 2 aliphatic carbocycles. The van der Waals surface area contributed by atoms with E-state index in [-0.39, 0.29) is 35.6 Å². The first-order valence-corrected chi connectivity index (χ1v) is 12.6. The molecule has 1 aromatic heterocycles. The molecule has 2 N–H and O–H groups in total. The number of Topliss-reactive ketones (excluding diaryl/α,β-unsaturated/α-hetero) is 1. The van der Waals surface area contributed by atoms with Gasteiger partial charge in [-0.3, -0.25) is 14.9 Å². The molecule has 0 bridgehead atoms. The molecule has 7 nitrogen and oxygen atoms in total. The van der Waals surface area contributed by atoms with Crippen LogP contribution in [0.5, 0.6) is 0 Å². The minimum Gasteiger partial charge on any atom is -0.481 e. The van der Waals surface area contributed by atoms with Crippen molar-refractivity contribution in [3.8, 4) is 0 Å². The van der Waals surface area contributed by atoms with E-state index in [0.717, 1.165) is 68.4 Å². The summed E-state index contributed by atoms with van der Waals surface area (Å²) in [5.41, 5.74) is 0. The van der Waals surface area contributed by atoms with Gasteiger partial charge in [0, 0.05) is 18.0 Å². The lowest BCUT2D eigenvalue weighted by atomic mass is 9.86. The fourth-order valence-corrected chi connectivity index (χ4v) is 6.20. The van der Waals surface area contributed by atoms with Gasteiger partial charge in [0.15, 0.2) is 5.13 Å². The summed E-state index contributed by atoms with van der Waals surface area (Å²) in [6.07, 6.45) is 11.7. The molecule has 0 radical (unpaired) electrons. The number of ketones is 1. The second-order valence-corrected chi connectivity index (χ2v) is 10.6. The zero-order valence-electron chi connectivity index (χ0n) is 17.5. The molecular formula is C21H31N3O4S2. The van der Waals surface area contributed by atoms with Gasteiger partial charge in [-0.25, -0.2) is 9.78 Å². The molecule has 1 heterocycles. The molecule has 2 saturated carbocycles. The summed E-state index contributed by atoms with van der Waals surface area (Å²) in [6.45, 7) is 1.69. The van der Waals surface area contributed by atoms with Gasteiger partial charge in [-0.1, -0.05) is 37.0 Å². The average Bonchev–Trinajstić information content (AvgIpc) is 3.34. The molecule has 9 heteroatoms. The number of carboxylic acids is 1. The zero-order chi connectivity index (χ0) is 21.5. The van der Waals surface area contributed by atoms with Crippen molar-refractivity contribution in [2.75, 3.05) is 11.1 Å². The third-order valence-corrected chi connectivity index (χ3v) is 8.24. The van der Waals surface area contributed by atoms with Gasteiger partial charge < -0.3 is 10.0 Å². The van der Waals surface area contributed by atoms with Gasteiger partial charge in [-0.15, -0.1) is 11.8 Å². The van der Waals surface area contributed by atoms with Crippen LogP contribution in [0.25, 0.3) is 0 Å². The molecule has 0 spiro atoms. The number of thioether (sulfide) groups is 1. The topological polar surface area (TPSA) is 99.6 Å². The normalized spacial score (nSPS) is 22.8. The molecule has 2 aliphatic rings. The van der Waals surface area contributed by atoms with Crippen molar-refractivity contribution < 1.29 is 19.5 Å². The maximum absolute atomic E-state index is 13.3. The number of aliphatic carboxylic acids is 1. The largest absolute Gasteiger partial charge is 0.481 e. The molecule has 0 saturated heterocycles. The van der Waals surface area contributed by atoms with Crippen molar-refractivity contribution >= 4 is 46.0 Å². The third-order valence-electron chi connectivity index (χ3n) is 6.15. The van der Waals surface area contributed by atoms with Gasteiger partial charge in [0.2, 0.25) is 0 Å². The van der Waals surface area contributed by atoms with E-state index >= 15 is 0 Å². The Morgan fingerprint density at radius 1 is 1.10 bits per heavy atom. The van der Waals surface area contributed by atoms with Gasteiger partial charge in [-0.05, 0) is 45.4 Å². The average molecular weight is 454 g/mol. The highest BCUT2D eigenvalue weighted by Gasteiger charge is 2.34. The van der Waals surface area contributed by atoms with Crippen LogP contribution in [0.2, 0.25) is 0 Å². The first kappa shape index (κ1) is 23.1. The number of rotatable bonds is 7. The summed E-state index contributed by atoms with van der Waals surface area (Å²) in [6, 6.07) is 0.276. The van der Waals surface area contributed by atoms with Crippen LogP contribution in [0.1, 0.15) is 71.1 Å². The molecule has 0 aliphatic heterocycles. The number of amides is 2. The predicted molar refractivity (Wildman–Crippen MR) is 119 cm³/mol. The van der Waals surface area contributed by atoms with E-state index in [1.807, 2.05) is 4.90 Å². The van der Waals surface area contributed by atoms with Crippen molar-refractivity contribution in [2.24, 2.45) is 5.92 Å². The first-order chi connectivity index (χ1) is 14.4. The number of urea groups is 1. The van der Waals surface area contributed by atoms with E-state index in [1.54, 1.807) is 13.1 Å². The minimum atomic E-state index is -0.875. The monoisotopic (exact) mass is 453 g/mol. The van der Waals surface area contributed by atoms with E-state index in [4.69, 9.17) is 5.11 Å². The molecule has 166 valence electrons. The Balaban J connectivity index is 1.69. The number of carbonyl (C=O) groups excluding carboxylic acids is 2. The highest BCUT2D eigenvalue weighted by Crippen LogP contribution is 2.33. The molecule has 2 atom stereocenters. The zero-order valence-corrected chi connectivity index (χ0v) is 19.1. The molecule has 2 amide bonds. The van der Waals surface area contributed by atoms with Crippen molar-refractivity contribution in [1.82, 2.24) is 9.88 Å². The number of hydrogen-bond donors (Lipinski definition) is 2. The Bertz CT molecular complexity index is 748. The molecule has 3 rings (SSSR count). The molecule has 1 aromatic rings. The third kappa shape index (κ3) is 6.44. The Hall–Kier alpha value is -1.61. The number of nitrogens with one attached hydrogen (secondary N) is 1. The van der Waals surface area contributed by atoms with Crippen LogP contribution in [-0.2, 0) is 9.59 Å². The van der Waals surface area contributed by atoms with Crippen LogP contribution >= 0.6 is 23.1 Å². The quantitative estimate of drug-likeness (QED) is 0.562. The number of nitrogens with zero attached hydrogens (tertiary/aromatic N) is 2. The van der Waals surface area contributed by atoms with Gasteiger partial charge in [-0.2, -0.15) is 0 Å². The highest BCUT2D eigenvalue weighted by atomic mass is 32.2.